The molecule has 3 amide bonds. The van der Waals surface area contributed by atoms with E-state index in [0.29, 0.717) is 28.5 Å². The number of amides is 3. The Labute approximate surface area is 177 Å². The fraction of sp³-hybridized carbons (Fsp3) is 0.238. The first-order valence-corrected chi connectivity index (χ1v) is 9.76. The minimum absolute atomic E-state index is 0.0915. The molecule has 3 aromatic rings. The highest BCUT2D eigenvalue weighted by Crippen LogP contribution is 2.28. The minimum atomic E-state index is -0.782. The van der Waals surface area contributed by atoms with Crippen molar-refractivity contribution >= 4 is 45.9 Å². The zero-order valence-corrected chi connectivity index (χ0v) is 17.2. The van der Waals surface area contributed by atoms with Gasteiger partial charge in [0.2, 0.25) is 11.8 Å². The van der Waals surface area contributed by atoms with Crippen molar-refractivity contribution in [3.05, 3.63) is 59.0 Å². The summed E-state index contributed by atoms with van der Waals surface area (Å²) in [5, 5.41) is 3.87. The fourth-order valence-corrected chi connectivity index (χ4v) is 3.64. The van der Waals surface area contributed by atoms with Gasteiger partial charge in [-0.15, -0.1) is 0 Å². The van der Waals surface area contributed by atoms with Crippen LogP contribution in [-0.2, 0) is 16.0 Å². The molecule has 1 unspecified atom stereocenters. The van der Waals surface area contributed by atoms with Gasteiger partial charge in [0.15, 0.2) is 0 Å². The van der Waals surface area contributed by atoms with E-state index in [4.69, 9.17) is 11.6 Å². The SMILES string of the molecule is CN(C)C(=O)CN1C(=O)C(NC(=O)c2cc3cc(Cl)ncc3[nH]2)Cc2ccccc21. The van der Waals surface area contributed by atoms with Crippen LogP contribution in [0.4, 0.5) is 5.69 Å². The Bertz CT molecular complexity index is 1160. The number of carbonyl (C=O) groups excluding carboxylic acids is 3. The molecule has 154 valence electrons. The Balaban J connectivity index is 1.59. The summed E-state index contributed by atoms with van der Waals surface area (Å²) in [5.74, 6) is -0.942. The number of hydrogen-bond acceptors (Lipinski definition) is 4. The summed E-state index contributed by atoms with van der Waals surface area (Å²) >= 11 is 5.90. The van der Waals surface area contributed by atoms with Crippen molar-refractivity contribution < 1.29 is 14.4 Å². The first kappa shape index (κ1) is 19.9. The number of aromatic nitrogens is 2. The highest BCUT2D eigenvalue weighted by Gasteiger charge is 2.35. The fourth-order valence-electron chi connectivity index (χ4n) is 3.48. The van der Waals surface area contributed by atoms with Crippen LogP contribution < -0.4 is 10.2 Å². The van der Waals surface area contributed by atoms with Gasteiger partial charge in [-0.2, -0.15) is 0 Å². The normalized spacial score (nSPS) is 15.8. The van der Waals surface area contributed by atoms with Crippen LogP contribution in [0, 0.1) is 0 Å². The summed E-state index contributed by atoms with van der Waals surface area (Å²) in [5.41, 5.74) is 2.55. The van der Waals surface area contributed by atoms with Crippen LogP contribution in [-0.4, -0.2) is 59.3 Å². The average molecular weight is 426 g/mol. The van der Waals surface area contributed by atoms with E-state index in [1.165, 1.54) is 9.80 Å². The van der Waals surface area contributed by atoms with Gasteiger partial charge in [-0.1, -0.05) is 29.8 Å². The van der Waals surface area contributed by atoms with E-state index in [0.717, 1.165) is 10.9 Å². The van der Waals surface area contributed by atoms with Gasteiger partial charge in [0.1, 0.15) is 23.4 Å². The number of para-hydroxylation sites is 1. The Morgan fingerprint density at radius 3 is 2.83 bits per heavy atom. The number of nitrogens with one attached hydrogen (secondary N) is 2. The third-order valence-electron chi connectivity index (χ3n) is 5.08. The molecule has 2 aromatic heterocycles. The molecular formula is C21H20ClN5O3. The quantitative estimate of drug-likeness (QED) is 0.624. The topological polar surface area (TPSA) is 98.4 Å². The van der Waals surface area contributed by atoms with Crippen molar-refractivity contribution in [3.8, 4) is 0 Å². The molecule has 8 nitrogen and oxygen atoms in total. The number of likely N-dealkylation sites (N-methyl/N-ethyl adjacent to an activating group) is 1. The highest BCUT2D eigenvalue weighted by atomic mass is 35.5. The number of halogens is 1. The number of carbonyl (C=O) groups is 3. The highest BCUT2D eigenvalue weighted by molar-refractivity contribution is 6.30. The number of rotatable bonds is 4. The Morgan fingerprint density at radius 1 is 1.30 bits per heavy atom. The summed E-state index contributed by atoms with van der Waals surface area (Å²) in [6, 6.07) is 9.92. The summed E-state index contributed by atoms with van der Waals surface area (Å²) in [6.07, 6.45) is 1.89. The molecule has 0 aliphatic carbocycles. The molecule has 4 rings (SSSR count). The lowest BCUT2D eigenvalue weighted by molar-refractivity contribution is -0.129. The van der Waals surface area contributed by atoms with E-state index in [2.05, 4.69) is 15.3 Å². The molecule has 3 heterocycles. The maximum absolute atomic E-state index is 13.1. The number of H-pyrrole nitrogens is 1. The summed E-state index contributed by atoms with van der Waals surface area (Å²) in [6.45, 7) is -0.0915. The van der Waals surface area contributed by atoms with Crippen LogP contribution >= 0.6 is 11.6 Å². The molecule has 30 heavy (non-hydrogen) atoms. The number of anilines is 1. The van der Waals surface area contributed by atoms with E-state index in [-0.39, 0.29) is 18.4 Å². The second-order valence-electron chi connectivity index (χ2n) is 7.35. The number of pyridine rings is 1. The second-order valence-corrected chi connectivity index (χ2v) is 7.74. The third-order valence-corrected chi connectivity index (χ3v) is 5.29. The van der Waals surface area contributed by atoms with Crippen molar-refractivity contribution in [2.75, 3.05) is 25.5 Å². The van der Waals surface area contributed by atoms with E-state index < -0.39 is 11.9 Å². The Morgan fingerprint density at radius 2 is 2.07 bits per heavy atom. The third kappa shape index (κ3) is 3.73. The Kier molecular flexibility index (Phi) is 5.17. The summed E-state index contributed by atoms with van der Waals surface area (Å²) in [7, 11) is 3.28. The van der Waals surface area contributed by atoms with Crippen LogP contribution in [0.1, 0.15) is 16.1 Å². The molecule has 1 aliphatic heterocycles. The molecule has 9 heteroatoms. The maximum atomic E-state index is 13.1. The molecule has 0 bridgehead atoms. The molecule has 0 fully saturated rings. The van der Waals surface area contributed by atoms with Crippen molar-refractivity contribution in [2.45, 2.75) is 12.5 Å². The lowest BCUT2D eigenvalue weighted by atomic mass is 9.97. The first-order valence-electron chi connectivity index (χ1n) is 9.38. The lowest BCUT2D eigenvalue weighted by Gasteiger charge is -2.34. The van der Waals surface area contributed by atoms with Gasteiger partial charge in [0.05, 0.1) is 11.7 Å². The van der Waals surface area contributed by atoms with Crippen molar-refractivity contribution in [2.24, 2.45) is 0 Å². The standard InChI is InChI=1S/C21H20ClN5O3/c1-26(2)19(28)11-27-17-6-4-3-5-12(17)7-15(21(27)30)25-20(29)14-8-13-9-18(22)23-10-16(13)24-14/h3-6,8-10,15,24H,7,11H2,1-2H3,(H,25,29). The number of benzene rings is 1. The van der Waals surface area contributed by atoms with Crippen LogP contribution in [0.25, 0.3) is 10.9 Å². The van der Waals surface area contributed by atoms with Gasteiger partial charge < -0.3 is 20.1 Å². The van der Waals surface area contributed by atoms with Crippen molar-refractivity contribution in [3.63, 3.8) is 0 Å². The van der Waals surface area contributed by atoms with Gasteiger partial charge in [0.25, 0.3) is 5.91 Å². The van der Waals surface area contributed by atoms with Crippen LogP contribution in [0.5, 0.6) is 0 Å². The zero-order valence-electron chi connectivity index (χ0n) is 16.5. The molecular weight excluding hydrogens is 406 g/mol. The average Bonchev–Trinajstić information content (AvgIpc) is 3.14. The van der Waals surface area contributed by atoms with E-state index in [1.54, 1.807) is 32.4 Å². The molecule has 1 aliphatic rings. The van der Waals surface area contributed by atoms with Crippen LogP contribution in [0.15, 0.2) is 42.6 Å². The monoisotopic (exact) mass is 425 g/mol. The molecule has 1 atom stereocenters. The molecule has 0 spiro atoms. The number of fused-ring (bicyclic) bond motifs is 2. The molecule has 0 radical (unpaired) electrons. The predicted molar refractivity (Wildman–Crippen MR) is 114 cm³/mol. The van der Waals surface area contributed by atoms with Gasteiger partial charge in [-0.05, 0) is 23.8 Å². The summed E-state index contributed by atoms with van der Waals surface area (Å²) in [4.78, 5) is 48.1. The van der Waals surface area contributed by atoms with Gasteiger partial charge in [0, 0.05) is 31.6 Å². The number of nitrogens with zero attached hydrogens (tertiary/aromatic N) is 3. The molecule has 0 saturated heterocycles. The smallest absolute Gasteiger partial charge is 0.268 e. The van der Waals surface area contributed by atoms with E-state index in [9.17, 15) is 14.4 Å². The zero-order chi connectivity index (χ0) is 21.4. The summed E-state index contributed by atoms with van der Waals surface area (Å²) < 4.78 is 0. The number of aromatic amines is 1. The molecule has 0 saturated carbocycles. The van der Waals surface area contributed by atoms with Gasteiger partial charge in [-0.25, -0.2) is 4.98 Å². The largest absolute Gasteiger partial charge is 0.349 e. The maximum Gasteiger partial charge on any atom is 0.268 e. The first-order chi connectivity index (χ1) is 14.3. The van der Waals surface area contributed by atoms with Crippen molar-refractivity contribution in [1.29, 1.82) is 0 Å². The van der Waals surface area contributed by atoms with Crippen LogP contribution in [0.3, 0.4) is 0 Å². The van der Waals surface area contributed by atoms with Crippen molar-refractivity contribution in [1.82, 2.24) is 20.2 Å². The second kappa shape index (κ2) is 7.79. The van der Waals surface area contributed by atoms with Gasteiger partial charge in [-0.3, -0.25) is 14.4 Å². The van der Waals surface area contributed by atoms with E-state index >= 15 is 0 Å². The molecule has 1 aromatic carbocycles. The lowest BCUT2D eigenvalue weighted by Crippen LogP contribution is -2.55. The van der Waals surface area contributed by atoms with Crippen LogP contribution in [0.2, 0.25) is 5.15 Å². The van der Waals surface area contributed by atoms with Gasteiger partial charge >= 0.3 is 0 Å². The predicted octanol–water partition coefficient (Wildman–Crippen LogP) is 1.99. The minimum Gasteiger partial charge on any atom is -0.349 e. The Hall–Kier alpha value is -3.39. The van der Waals surface area contributed by atoms with E-state index in [1.807, 2.05) is 24.3 Å². The molecule has 2 N–H and O–H groups in total. The number of hydrogen-bond donors (Lipinski definition) is 2.